The zero-order valence-corrected chi connectivity index (χ0v) is 17.0. The molecule has 2 aliphatic carbocycles. The van der Waals surface area contributed by atoms with Crippen molar-refractivity contribution >= 4 is 9.28 Å². The lowest BCUT2D eigenvalue weighted by Gasteiger charge is -2.43. The molecule has 0 radical (unpaired) electrons. The third-order valence-electron chi connectivity index (χ3n) is 5.18. The first kappa shape index (κ1) is 18.9. The molecule has 0 aliphatic heterocycles. The van der Waals surface area contributed by atoms with Gasteiger partial charge in [-0.1, -0.05) is 30.2 Å². The smallest absolute Gasteiger partial charge is 0.336 e. The van der Waals surface area contributed by atoms with Crippen LogP contribution in [0.25, 0.3) is 0 Å². The molecule has 2 aliphatic rings. The summed E-state index contributed by atoms with van der Waals surface area (Å²) in [7, 11) is -1.86. The Hall–Kier alpha value is -0.383. The maximum absolute atomic E-state index is 6.47. The van der Waals surface area contributed by atoms with Crippen molar-refractivity contribution in [1.82, 2.24) is 0 Å². The summed E-state index contributed by atoms with van der Waals surface area (Å²) in [6.45, 7) is 11.0. The predicted molar refractivity (Wildman–Crippen MR) is 101 cm³/mol. The summed E-state index contributed by atoms with van der Waals surface area (Å²) in [4.78, 5) is 0. The van der Waals surface area contributed by atoms with E-state index in [1.165, 1.54) is 51.4 Å². The number of rotatable bonds is 7. The van der Waals surface area contributed by atoms with Gasteiger partial charge in [0.05, 0.1) is 5.04 Å². The van der Waals surface area contributed by atoms with Gasteiger partial charge in [0.2, 0.25) is 0 Å². The molecule has 3 heteroatoms. The molecule has 0 fully saturated rings. The van der Waals surface area contributed by atoms with Gasteiger partial charge in [-0.2, -0.15) is 0 Å². The van der Waals surface area contributed by atoms with Gasteiger partial charge in [-0.3, -0.25) is 0 Å². The first-order valence-electron chi connectivity index (χ1n) is 9.64. The molecule has 0 bridgehead atoms. The number of hydrogen-bond donors (Lipinski definition) is 0. The maximum Gasteiger partial charge on any atom is 0.336 e. The van der Waals surface area contributed by atoms with Gasteiger partial charge in [0.15, 0.2) is 0 Å². The van der Waals surface area contributed by atoms with Crippen LogP contribution in [0.1, 0.15) is 86.0 Å². The molecule has 0 saturated carbocycles. The van der Waals surface area contributed by atoms with Crippen LogP contribution in [0.3, 0.4) is 0 Å². The van der Waals surface area contributed by atoms with Gasteiger partial charge in [0, 0.05) is 12.2 Å². The summed E-state index contributed by atoms with van der Waals surface area (Å²) in [5.41, 5.74) is 3.21. The highest BCUT2D eigenvalue weighted by Gasteiger charge is 2.46. The van der Waals surface area contributed by atoms with E-state index in [2.05, 4.69) is 46.8 Å². The van der Waals surface area contributed by atoms with E-state index >= 15 is 0 Å². The molecule has 0 heterocycles. The van der Waals surface area contributed by atoms with Crippen LogP contribution in [0.4, 0.5) is 0 Å². The molecule has 0 aromatic carbocycles. The molecule has 0 aromatic heterocycles. The SMILES string of the molecule is CC(C)O[SiH](OC(C)C)C(C)(C1=CCCCC1)C1=CCCCC1. The molecule has 2 rings (SSSR count). The third-order valence-corrected chi connectivity index (χ3v) is 8.45. The van der Waals surface area contributed by atoms with E-state index < -0.39 is 9.28 Å². The van der Waals surface area contributed by atoms with Crippen molar-refractivity contribution in [1.29, 1.82) is 0 Å². The fourth-order valence-electron chi connectivity index (χ4n) is 3.93. The summed E-state index contributed by atoms with van der Waals surface area (Å²) in [5, 5.41) is 0.0371. The van der Waals surface area contributed by atoms with Crippen molar-refractivity contribution in [3.63, 3.8) is 0 Å². The monoisotopic (exact) mass is 336 g/mol. The Morgan fingerprint density at radius 2 is 1.26 bits per heavy atom. The zero-order valence-electron chi connectivity index (χ0n) is 15.9. The van der Waals surface area contributed by atoms with E-state index in [-0.39, 0.29) is 17.2 Å². The van der Waals surface area contributed by atoms with E-state index in [0.29, 0.717) is 0 Å². The zero-order chi connectivity index (χ0) is 16.9. The van der Waals surface area contributed by atoms with Crippen molar-refractivity contribution in [2.24, 2.45) is 0 Å². The van der Waals surface area contributed by atoms with Gasteiger partial charge in [-0.05, 0) is 79.1 Å². The highest BCUT2D eigenvalue weighted by atomic mass is 28.3. The Balaban J connectivity index is 2.40. The predicted octanol–water partition coefficient (Wildman–Crippen LogP) is 5.82. The summed E-state index contributed by atoms with van der Waals surface area (Å²) in [6.07, 6.45) is 15.7. The Labute approximate surface area is 145 Å². The molecule has 0 aromatic rings. The van der Waals surface area contributed by atoms with Crippen molar-refractivity contribution in [3.8, 4) is 0 Å². The second-order valence-corrected chi connectivity index (χ2v) is 10.2. The molecule has 0 atom stereocenters. The van der Waals surface area contributed by atoms with Crippen LogP contribution in [-0.2, 0) is 8.85 Å². The van der Waals surface area contributed by atoms with E-state index in [4.69, 9.17) is 8.85 Å². The Bertz CT molecular complexity index is 401. The lowest BCUT2D eigenvalue weighted by molar-refractivity contribution is 0.118. The highest BCUT2D eigenvalue weighted by Crippen LogP contribution is 2.52. The summed E-state index contributed by atoms with van der Waals surface area (Å²) >= 11 is 0. The van der Waals surface area contributed by atoms with Gasteiger partial charge < -0.3 is 8.85 Å². The van der Waals surface area contributed by atoms with E-state index in [1.807, 2.05) is 0 Å². The minimum Gasteiger partial charge on any atom is -0.393 e. The molecule has 23 heavy (non-hydrogen) atoms. The minimum atomic E-state index is -1.86. The van der Waals surface area contributed by atoms with Crippen LogP contribution in [-0.4, -0.2) is 21.5 Å². The van der Waals surface area contributed by atoms with Crippen LogP contribution in [0.15, 0.2) is 23.3 Å². The van der Waals surface area contributed by atoms with Crippen LogP contribution in [0.2, 0.25) is 5.04 Å². The fraction of sp³-hybridized carbons (Fsp3) is 0.800. The molecular formula is C20H36O2Si. The van der Waals surface area contributed by atoms with E-state index in [1.54, 1.807) is 11.1 Å². The highest BCUT2D eigenvalue weighted by molar-refractivity contribution is 6.51. The summed E-state index contributed by atoms with van der Waals surface area (Å²) in [6, 6.07) is 0. The van der Waals surface area contributed by atoms with Gasteiger partial charge >= 0.3 is 9.28 Å². The molecule has 0 saturated heterocycles. The number of hydrogen-bond acceptors (Lipinski definition) is 2. The van der Waals surface area contributed by atoms with Crippen molar-refractivity contribution < 1.29 is 8.85 Å². The molecule has 2 nitrogen and oxygen atoms in total. The molecular weight excluding hydrogens is 300 g/mol. The minimum absolute atomic E-state index is 0.0371. The van der Waals surface area contributed by atoms with Crippen LogP contribution >= 0.6 is 0 Å². The quantitative estimate of drug-likeness (QED) is 0.431. The Morgan fingerprint density at radius 1 is 0.826 bits per heavy atom. The van der Waals surface area contributed by atoms with Crippen LogP contribution < -0.4 is 0 Å². The molecule has 0 amide bonds. The molecule has 0 spiro atoms. The maximum atomic E-state index is 6.47. The van der Waals surface area contributed by atoms with Crippen molar-refractivity contribution in [3.05, 3.63) is 23.3 Å². The number of allylic oxidation sites excluding steroid dienone is 4. The normalized spacial score (nSPS) is 20.2. The largest absolute Gasteiger partial charge is 0.393 e. The molecule has 132 valence electrons. The standard InChI is InChI=1S/C20H36O2Si/c1-16(2)21-23(22-17(3)4)20(5,18-12-8-6-9-13-18)19-14-10-7-11-15-19/h12,14,16-17,23H,6-11,13,15H2,1-5H3. The van der Waals surface area contributed by atoms with Crippen LogP contribution in [0, 0.1) is 0 Å². The van der Waals surface area contributed by atoms with Gasteiger partial charge in [-0.15, -0.1) is 0 Å². The second-order valence-electron chi connectivity index (χ2n) is 7.85. The lowest BCUT2D eigenvalue weighted by atomic mass is 9.80. The van der Waals surface area contributed by atoms with E-state index in [0.717, 1.165) is 0 Å². The Morgan fingerprint density at radius 3 is 1.57 bits per heavy atom. The Kier molecular flexibility index (Phi) is 7.12. The van der Waals surface area contributed by atoms with Gasteiger partial charge in [-0.25, -0.2) is 0 Å². The van der Waals surface area contributed by atoms with Gasteiger partial charge in [0.1, 0.15) is 0 Å². The van der Waals surface area contributed by atoms with Crippen molar-refractivity contribution in [2.45, 2.75) is 103 Å². The first-order valence-corrected chi connectivity index (χ1v) is 11.2. The van der Waals surface area contributed by atoms with Crippen LogP contribution in [0.5, 0.6) is 0 Å². The molecule has 0 N–H and O–H groups in total. The summed E-state index contributed by atoms with van der Waals surface area (Å²) in [5.74, 6) is 0. The van der Waals surface area contributed by atoms with Crippen molar-refractivity contribution in [2.75, 3.05) is 0 Å². The fourth-order valence-corrected chi connectivity index (χ4v) is 6.65. The lowest BCUT2D eigenvalue weighted by Crippen LogP contribution is -2.43. The van der Waals surface area contributed by atoms with E-state index in [9.17, 15) is 0 Å². The molecule has 0 unspecified atom stereocenters. The first-order chi connectivity index (χ1) is 10.9. The second kappa shape index (κ2) is 8.64. The average Bonchev–Trinajstić information content (AvgIpc) is 2.54. The average molecular weight is 337 g/mol. The topological polar surface area (TPSA) is 18.5 Å². The summed E-state index contributed by atoms with van der Waals surface area (Å²) < 4.78 is 12.9. The third kappa shape index (κ3) is 4.80. The van der Waals surface area contributed by atoms with Gasteiger partial charge in [0.25, 0.3) is 0 Å².